The van der Waals surface area contributed by atoms with E-state index >= 15 is 0 Å². The Bertz CT molecular complexity index is 600. The summed E-state index contributed by atoms with van der Waals surface area (Å²) in [6.07, 6.45) is 0. The van der Waals surface area contributed by atoms with Gasteiger partial charge >= 0.3 is 5.97 Å². The predicted molar refractivity (Wildman–Crippen MR) is 77.0 cm³/mol. The molecular formula is C11H12N4O4S. The van der Waals surface area contributed by atoms with E-state index in [1.807, 2.05) is 0 Å². The van der Waals surface area contributed by atoms with Crippen LogP contribution in [-0.4, -0.2) is 39.8 Å². The second-order valence-corrected chi connectivity index (χ2v) is 3.99. The molecule has 106 valence electrons. The standard InChI is InChI=1S/C11H12N4O4S/c1-13-10(17)8(9(12)20)15-14-5-2-3-7(16)6(4-5)11(18)19/h2-4,14,16H,1H3,(H2,12,20)(H,13,17)(H,18,19)/b15-8+. The van der Waals surface area contributed by atoms with Gasteiger partial charge in [0.15, 0.2) is 5.71 Å². The molecule has 0 fully saturated rings. The first-order valence-corrected chi connectivity index (χ1v) is 5.69. The molecule has 1 amide bonds. The van der Waals surface area contributed by atoms with Gasteiger partial charge in [0.25, 0.3) is 5.91 Å². The van der Waals surface area contributed by atoms with Crippen molar-refractivity contribution in [2.75, 3.05) is 12.5 Å². The highest BCUT2D eigenvalue weighted by molar-refractivity contribution is 7.82. The molecule has 0 radical (unpaired) electrons. The van der Waals surface area contributed by atoms with Gasteiger partial charge in [0, 0.05) is 7.05 Å². The lowest BCUT2D eigenvalue weighted by Crippen LogP contribution is -2.37. The van der Waals surface area contributed by atoms with Crippen LogP contribution in [-0.2, 0) is 4.79 Å². The van der Waals surface area contributed by atoms with E-state index in [-0.39, 0.29) is 27.7 Å². The molecule has 1 aromatic carbocycles. The number of aromatic hydroxyl groups is 1. The quantitative estimate of drug-likeness (QED) is 0.221. The van der Waals surface area contributed by atoms with E-state index in [4.69, 9.17) is 10.8 Å². The lowest BCUT2D eigenvalue weighted by molar-refractivity contribution is -0.114. The van der Waals surface area contributed by atoms with E-state index in [0.29, 0.717) is 0 Å². The summed E-state index contributed by atoms with van der Waals surface area (Å²) in [5, 5.41) is 24.2. The van der Waals surface area contributed by atoms with E-state index < -0.39 is 11.9 Å². The van der Waals surface area contributed by atoms with Gasteiger partial charge in [-0.25, -0.2) is 4.79 Å². The van der Waals surface area contributed by atoms with Crippen molar-refractivity contribution in [2.24, 2.45) is 10.8 Å². The normalized spacial score (nSPS) is 10.8. The Balaban J connectivity index is 3.04. The van der Waals surface area contributed by atoms with E-state index in [9.17, 15) is 14.7 Å². The van der Waals surface area contributed by atoms with Crippen molar-refractivity contribution in [1.82, 2.24) is 5.32 Å². The Morgan fingerprint density at radius 2 is 2.05 bits per heavy atom. The third-order valence-electron chi connectivity index (χ3n) is 2.20. The minimum atomic E-state index is -1.30. The van der Waals surface area contributed by atoms with Gasteiger partial charge in [-0.15, -0.1) is 0 Å². The molecule has 0 aliphatic heterocycles. The Morgan fingerprint density at radius 3 is 2.55 bits per heavy atom. The van der Waals surface area contributed by atoms with Crippen LogP contribution in [0.4, 0.5) is 5.69 Å². The van der Waals surface area contributed by atoms with Crippen LogP contribution < -0.4 is 16.5 Å². The number of nitrogens with one attached hydrogen (secondary N) is 2. The van der Waals surface area contributed by atoms with Crippen LogP contribution in [0.5, 0.6) is 5.75 Å². The summed E-state index contributed by atoms with van der Waals surface area (Å²) < 4.78 is 0. The number of carbonyl (C=O) groups excluding carboxylic acids is 1. The van der Waals surface area contributed by atoms with E-state index in [1.165, 1.54) is 19.2 Å². The number of rotatable bonds is 5. The molecule has 0 aliphatic rings. The molecular weight excluding hydrogens is 284 g/mol. The summed E-state index contributed by atoms with van der Waals surface area (Å²) >= 11 is 4.68. The number of hydrogen-bond donors (Lipinski definition) is 5. The zero-order valence-corrected chi connectivity index (χ0v) is 11.2. The maximum absolute atomic E-state index is 11.4. The lowest BCUT2D eigenvalue weighted by Gasteiger charge is -2.06. The third-order valence-corrected chi connectivity index (χ3v) is 2.39. The maximum atomic E-state index is 11.4. The largest absolute Gasteiger partial charge is 0.507 e. The van der Waals surface area contributed by atoms with Crippen molar-refractivity contribution in [3.63, 3.8) is 0 Å². The van der Waals surface area contributed by atoms with Crippen LogP contribution in [0.15, 0.2) is 23.3 Å². The van der Waals surface area contributed by atoms with E-state index in [0.717, 1.165) is 6.07 Å². The Labute approximate surface area is 119 Å². The number of benzene rings is 1. The van der Waals surface area contributed by atoms with Crippen molar-refractivity contribution in [2.45, 2.75) is 0 Å². The number of carboxylic acid groups (broad SMARTS) is 1. The minimum absolute atomic E-state index is 0.201. The van der Waals surface area contributed by atoms with Gasteiger partial charge in [-0.3, -0.25) is 10.2 Å². The zero-order valence-electron chi connectivity index (χ0n) is 10.4. The van der Waals surface area contributed by atoms with Crippen molar-refractivity contribution in [1.29, 1.82) is 0 Å². The molecule has 1 rings (SSSR count). The summed E-state index contributed by atoms with van der Waals surface area (Å²) in [5.41, 5.74) is 7.54. The van der Waals surface area contributed by atoms with Gasteiger partial charge in [-0.05, 0) is 18.2 Å². The molecule has 0 saturated carbocycles. The first-order valence-electron chi connectivity index (χ1n) is 5.28. The van der Waals surface area contributed by atoms with Gasteiger partial charge < -0.3 is 21.3 Å². The van der Waals surface area contributed by atoms with Crippen molar-refractivity contribution < 1.29 is 19.8 Å². The van der Waals surface area contributed by atoms with Gasteiger partial charge in [0.2, 0.25) is 0 Å². The molecule has 20 heavy (non-hydrogen) atoms. The second kappa shape index (κ2) is 6.48. The number of anilines is 1. The highest BCUT2D eigenvalue weighted by atomic mass is 32.1. The number of hydrazone groups is 1. The number of carbonyl (C=O) groups is 2. The van der Waals surface area contributed by atoms with Gasteiger partial charge in [-0.1, -0.05) is 12.2 Å². The molecule has 0 spiro atoms. The summed E-state index contributed by atoms with van der Waals surface area (Å²) in [5.74, 6) is -2.26. The van der Waals surface area contributed by atoms with Crippen molar-refractivity contribution >= 4 is 40.5 Å². The average Bonchev–Trinajstić information content (AvgIpc) is 2.39. The SMILES string of the molecule is CNC(=O)/C(=N/Nc1ccc(O)c(C(=O)O)c1)C(N)=S. The fourth-order valence-corrected chi connectivity index (χ4v) is 1.37. The Kier molecular flexibility index (Phi) is 4.98. The summed E-state index contributed by atoms with van der Waals surface area (Å²) in [6.45, 7) is 0. The number of thiocarbonyl (C=S) groups is 1. The van der Waals surface area contributed by atoms with Crippen LogP contribution in [0.1, 0.15) is 10.4 Å². The minimum Gasteiger partial charge on any atom is -0.507 e. The lowest BCUT2D eigenvalue weighted by atomic mass is 10.2. The average molecular weight is 296 g/mol. The van der Waals surface area contributed by atoms with Gasteiger partial charge in [0.1, 0.15) is 16.3 Å². The molecule has 0 aliphatic carbocycles. The van der Waals surface area contributed by atoms with Gasteiger partial charge in [0.05, 0.1) is 5.69 Å². The first-order chi connectivity index (χ1) is 9.36. The highest BCUT2D eigenvalue weighted by Crippen LogP contribution is 2.21. The van der Waals surface area contributed by atoms with Crippen molar-refractivity contribution in [3.8, 4) is 5.75 Å². The molecule has 1 aromatic rings. The zero-order chi connectivity index (χ0) is 15.3. The number of phenols is 1. The number of carboxylic acids is 1. The van der Waals surface area contributed by atoms with Crippen LogP contribution >= 0.6 is 12.2 Å². The highest BCUT2D eigenvalue weighted by Gasteiger charge is 2.13. The summed E-state index contributed by atoms with van der Waals surface area (Å²) in [7, 11) is 1.39. The topological polar surface area (TPSA) is 137 Å². The molecule has 0 unspecified atom stereocenters. The third kappa shape index (κ3) is 3.65. The number of nitrogens with two attached hydrogens (primary N) is 1. The van der Waals surface area contributed by atoms with Crippen LogP contribution in [0.3, 0.4) is 0 Å². The van der Waals surface area contributed by atoms with E-state index in [1.54, 1.807) is 0 Å². The second-order valence-electron chi connectivity index (χ2n) is 3.55. The van der Waals surface area contributed by atoms with E-state index in [2.05, 4.69) is 28.1 Å². The molecule has 0 atom stereocenters. The number of aromatic carboxylic acids is 1. The smallest absolute Gasteiger partial charge is 0.339 e. The fraction of sp³-hybridized carbons (Fsp3) is 0.0909. The number of amides is 1. The molecule has 6 N–H and O–H groups in total. The fourth-order valence-electron chi connectivity index (χ4n) is 1.23. The maximum Gasteiger partial charge on any atom is 0.339 e. The number of nitrogens with zero attached hydrogens (tertiary/aromatic N) is 1. The van der Waals surface area contributed by atoms with Crippen LogP contribution in [0.25, 0.3) is 0 Å². The van der Waals surface area contributed by atoms with Gasteiger partial charge in [-0.2, -0.15) is 5.10 Å². The predicted octanol–water partition coefficient (Wildman–Crippen LogP) is -0.110. The summed E-state index contributed by atoms with van der Waals surface area (Å²) in [4.78, 5) is 22.1. The molecule has 0 bridgehead atoms. The Hall–Kier alpha value is -2.68. The first kappa shape index (κ1) is 15.4. The molecule has 0 saturated heterocycles. The number of hydrogen-bond acceptors (Lipinski definition) is 6. The molecule has 8 nitrogen and oxygen atoms in total. The Morgan fingerprint density at radius 1 is 1.40 bits per heavy atom. The van der Waals surface area contributed by atoms with Crippen molar-refractivity contribution in [3.05, 3.63) is 23.8 Å². The van der Waals surface area contributed by atoms with Crippen LogP contribution in [0, 0.1) is 0 Å². The monoisotopic (exact) mass is 296 g/mol. The molecule has 9 heteroatoms. The summed E-state index contributed by atoms with van der Waals surface area (Å²) in [6, 6.07) is 3.72. The van der Waals surface area contributed by atoms with Crippen LogP contribution in [0.2, 0.25) is 0 Å². The molecule has 0 heterocycles. The molecule has 0 aromatic heterocycles.